The van der Waals surface area contributed by atoms with Gasteiger partial charge < -0.3 is 0 Å². The summed E-state index contributed by atoms with van der Waals surface area (Å²) in [6, 6.07) is 0. The Hall–Kier alpha value is -0.600. The predicted molar refractivity (Wildman–Crippen MR) is 68.5 cm³/mol. The lowest BCUT2D eigenvalue weighted by atomic mass is 10.2. The Bertz CT molecular complexity index is 311. The zero-order valence-corrected chi connectivity index (χ0v) is 9.48. The molecule has 0 radical (unpaired) electrons. The first-order valence-corrected chi connectivity index (χ1v) is 6.62. The molecule has 1 aliphatic heterocycles. The number of rotatable bonds is 0. The molecular weight excluding hydrogens is 208 g/mol. The van der Waals surface area contributed by atoms with E-state index < -0.39 is 0 Å². The molecule has 0 aromatic heterocycles. The Morgan fingerprint density at radius 2 is 1.21 bits per heavy atom. The third-order valence-corrected chi connectivity index (χ3v) is 4.67. The summed E-state index contributed by atoms with van der Waals surface area (Å²) in [6.07, 6.45) is 16.8. The molecule has 0 amide bonds. The average Bonchev–Trinajstić information content (AvgIpc) is 2.75. The van der Waals surface area contributed by atoms with Crippen LogP contribution in [0.1, 0.15) is 0 Å². The molecule has 0 spiro atoms. The first kappa shape index (κ1) is 9.94. The smallest absolute Gasteiger partial charge is 0.0474 e. The molecular formula is C12H12S2. The van der Waals surface area contributed by atoms with Crippen molar-refractivity contribution in [2.24, 2.45) is 0 Å². The van der Waals surface area contributed by atoms with Crippen LogP contribution in [0.25, 0.3) is 0 Å². The van der Waals surface area contributed by atoms with Gasteiger partial charge in [0.25, 0.3) is 0 Å². The molecule has 2 heteroatoms. The van der Waals surface area contributed by atoms with Gasteiger partial charge in [-0.25, -0.2) is 0 Å². The second-order valence-corrected chi connectivity index (χ2v) is 5.40. The minimum atomic E-state index is 1.25. The van der Waals surface area contributed by atoms with Gasteiger partial charge in [0.1, 0.15) is 0 Å². The molecule has 0 bridgehead atoms. The first-order valence-electron chi connectivity index (χ1n) is 4.65. The highest BCUT2D eigenvalue weighted by Crippen LogP contribution is 2.39. The lowest BCUT2D eigenvalue weighted by Crippen LogP contribution is -1.73. The minimum Gasteiger partial charge on any atom is -0.118 e. The van der Waals surface area contributed by atoms with Crippen LogP contribution in [0, 0.1) is 0 Å². The number of hydrogen-bond donors (Lipinski definition) is 0. The van der Waals surface area contributed by atoms with Crippen LogP contribution in [0.4, 0.5) is 0 Å². The summed E-state index contributed by atoms with van der Waals surface area (Å²) in [5, 5.41) is 0. The molecule has 0 unspecified atom stereocenters. The van der Waals surface area contributed by atoms with Crippen molar-refractivity contribution < 1.29 is 0 Å². The van der Waals surface area contributed by atoms with E-state index in [0.717, 1.165) is 0 Å². The Labute approximate surface area is 93.5 Å². The summed E-state index contributed by atoms with van der Waals surface area (Å²) in [5.41, 5.74) is 1.34. The van der Waals surface area contributed by atoms with Crippen LogP contribution >= 0.6 is 23.5 Å². The van der Waals surface area contributed by atoms with Crippen LogP contribution in [0.3, 0.4) is 0 Å². The molecule has 2 rings (SSSR count). The highest BCUT2D eigenvalue weighted by Gasteiger charge is 2.10. The fourth-order valence-corrected chi connectivity index (χ4v) is 3.72. The number of hydrogen-bond acceptors (Lipinski definition) is 2. The van der Waals surface area contributed by atoms with Crippen molar-refractivity contribution in [3.8, 4) is 0 Å². The standard InChI is InChI=1S/C12H12S2/c1-2-4-6-8-11(7-5-3-1)12-13-9-10-14-12/h1-8H,9-10H2. The maximum absolute atomic E-state index is 2.18. The van der Waals surface area contributed by atoms with E-state index in [4.69, 9.17) is 0 Å². The Balaban J connectivity index is 2.28. The SMILES string of the molecule is C1=CC=CC(=C2SCCS2)C=CC=C1. The molecule has 0 saturated carbocycles. The van der Waals surface area contributed by atoms with Gasteiger partial charge in [-0.05, 0) is 5.57 Å². The van der Waals surface area contributed by atoms with Gasteiger partial charge in [-0.15, -0.1) is 23.5 Å². The quantitative estimate of drug-likeness (QED) is 0.607. The molecule has 0 nitrogen and oxygen atoms in total. The molecule has 1 fully saturated rings. The third-order valence-electron chi connectivity index (χ3n) is 1.89. The van der Waals surface area contributed by atoms with Crippen LogP contribution in [0.5, 0.6) is 0 Å². The maximum Gasteiger partial charge on any atom is 0.0474 e. The van der Waals surface area contributed by atoms with Crippen molar-refractivity contribution in [1.29, 1.82) is 0 Å². The fraction of sp³-hybridized carbons (Fsp3) is 0.167. The van der Waals surface area contributed by atoms with Gasteiger partial charge in [-0.3, -0.25) is 0 Å². The molecule has 0 atom stereocenters. The van der Waals surface area contributed by atoms with Gasteiger partial charge in [0.05, 0.1) is 0 Å². The van der Waals surface area contributed by atoms with E-state index in [0.29, 0.717) is 0 Å². The summed E-state index contributed by atoms with van der Waals surface area (Å²) in [4.78, 5) is 0. The Morgan fingerprint density at radius 3 is 1.79 bits per heavy atom. The molecule has 0 aromatic carbocycles. The van der Waals surface area contributed by atoms with Gasteiger partial charge in [0, 0.05) is 15.7 Å². The van der Waals surface area contributed by atoms with E-state index in [1.807, 2.05) is 35.7 Å². The maximum atomic E-state index is 2.18. The highest BCUT2D eigenvalue weighted by molar-refractivity contribution is 8.25. The second-order valence-electron chi connectivity index (χ2n) is 2.93. The van der Waals surface area contributed by atoms with E-state index in [9.17, 15) is 0 Å². The minimum absolute atomic E-state index is 1.25. The molecule has 14 heavy (non-hydrogen) atoms. The summed E-state index contributed by atoms with van der Waals surface area (Å²) < 4.78 is 1.46. The molecule has 1 aliphatic carbocycles. The van der Waals surface area contributed by atoms with E-state index in [1.165, 1.54) is 21.3 Å². The lowest BCUT2D eigenvalue weighted by Gasteiger charge is -1.98. The van der Waals surface area contributed by atoms with E-state index in [2.05, 4.69) is 36.5 Å². The molecule has 0 aromatic rings. The van der Waals surface area contributed by atoms with Gasteiger partial charge in [0.2, 0.25) is 0 Å². The molecule has 1 heterocycles. The van der Waals surface area contributed by atoms with E-state index >= 15 is 0 Å². The fourth-order valence-electron chi connectivity index (χ4n) is 1.24. The van der Waals surface area contributed by atoms with E-state index in [1.54, 1.807) is 0 Å². The first-order chi connectivity index (χ1) is 6.97. The van der Waals surface area contributed by atoms with Crippen LogP contribution in [0.15, 0.2) is 58.4 Å². The average molecular weight is 220 g/mol. The van der Waals surface area contributed by atoms with Crippen molar-refractivity contribution in [2.45, 2.75) is 0 Å². The monoisotopic (exact) mass is 220 g/mol. The normalized spacial score (nSPS) is 21.1. The highest BCUT2D eigenvalue weighted by atomic mass is 32.2. The van der Waals surface area contributed by atoms with Crippen molar-refractivity contribution in [3.05, 3.63) is 58.4 Å². The van der Waals surface area contributed by atoms with Crippen LogP contribution in [0.2, 0.25) is 0 Å². The molecule has 1 saturated heterocycles. The van der Waals surface area contributed by atoms with Crippen molar-refractivity contribution in [2.75, 3.05) is 11.5 Å². The molecule has 0 N–H and O–H groups in total. The van der Waals surface area contributed by atoms with Crippen LogP contribution in [-0.2, 0) is 0 Å². The van der Waals surface area contributed by atoms with Crippen molar-refractivity contribution in [3.63, 3.8) is 0 Å². The van der Waals surface area contributed by atoms with Gasteiger partial charge in [-0.2, -0.15) is 0 Å². The van der Waals surface area contributed by atoms with Crippen molar-refractivity contribution in [1.82, 2.24) is 0 Å². The van der Waals surface area contributed by atoms with Gasteiger partial charge in [0.15, 0.2) is 0 Å². The largest absolute Gasteiger partial charge is 0.118 e. The zero-order valence-electron chi connectivity index (χ0n) is 7.85. The summed E-state index contributed by atoms with van der Waals surface area (Å²) in [7, 11) is 0. The van der Waals surface area contributed by atoms with Crippen LogP contribution in [-0.4, -0.2) is 11.5 Å². The molecule has 72 valence electrons. The summed E-state index contributed by atoms with van der Waals surface area (Å²) >= 11 is 3.93. The summed E-state index contributed by atoms with van der Waals surface area (Å²) in [6.45, 7) is 0. The molecule has 2 aliphatic rings. The lowest BCUT2D eigenvalue weighted by molar-refractivity contribution is 1.59. The number of allylic oxidation sites excluding steroid dienone is 9. The van der Waals surface area contributed by atoms with Gasteiger partial charge in [-0.1, -0.05) is 48.6 Å². The Kier molecular flexibility index (Phi) is 3.78. The predicted octanol–water partition coefficient (Wildman–Crippen LogP) is 3.92. The number of thioether (sulfide) groups is 2. The zero-order chi connectivity index (χ0) is 9.64. The second kappa shape index (κ2) is 5.32. The van der Waals surface area contributed by atoms with Crippen LogP contribution < -0.4 is 0 Å². The summed E-state index contributed by atoms with van der Waals surface area (Å²) in [5.74, 6) is 2.49. The van der Waals surface area contributed by atoms with Crippen molar-refractivity contribution >= 4 is 23.5 Å². The third kappa shape index (κ3) is 2.69. The van der Waals surface area contributed by atoms with E-state index in [-0.39, 0.29) is 0 Å². The topological polar surface area (TPSA) is 0 Å². The Morgan fingerprint density at radius 1 is 0.714 bits per heavy atom. The van der Waals surface area contributed by atoms with Gasteiger partial charge >= 0.3 is 0 Å².